The summed E-state index contributed by atoms with van der Waals surface area (Å²) in [5.74, 6) is -0.428. The first-order valence-electron chi connectivity index (χ1n) is 14.2. The van der Waals surface area contributed by atoms with Gasteiger partial charge in [-0.15, -0.1) is 0 Å². The number of hydrogen-bond donors (Lipinski definition) is 3. The van der Waals surface area contributed by atoms with E-state index in [0.717, 1.165) is 11.1 Å². The molecule has 2 heterocycles. The van der Waals surface area contributed by atoms with Gasteiger partial charge in [0.1, 0.15) is 0 Å². The van der Waals surface area contributed by atoms with Gasteiger partial charge in [-0.2, -0.15) is 0 Å². The Balaban J connectivity index is 1.37. The second-order valence-corrected chi connectivity index (χ2v) is 11.0. The fourth-order valence-corrected chi connectivity index (χ4v) is 6.61. The third-order valence-corrected chi connectivity index (χ3v) is 8.70. The number of methoxy groups -OCH3 is 2. The topological polar surface area (TPSA) is 139 Å². The van der Waals surface area contributed by atoms with Crippen LogP contribution in [0.15, 0.2) is 72.8 Å². The zero-order valence-corrected chi connectivity index (χ0v) is 24.0. The van der Waals surface area contributed by atoms with Gasteiger partial charge in [-0.1, -0.05) is 12.1 Å². The van der Waals surface area contributed by atoms with Crippen LogP contribution in [0.25, 0.3) is 0 Å². The number of nitrogens with two attached hydrogens (primary N) is 1. The van der Waals surface area contributed by atoms with Crippen molar-refractivity contribution in [1.82, 2.24) is 0 Å². The Morgan fingerprint density at radius 1 is 0.909 bits per heavy atom. The number of benzene rings is 4. The van der Waals surface area contributed by atoms with E-state index in [1.165, 1.54) is 14.2 Å². The predicted molar refractivity (Wildman–Crippen MR) is 161 cm³/mol. The van der Waals surface area contributed by atoms with Crippen molar-refractivity contribution in [3.63, 3.8) is 0 Å². The number of para-hydroxylation sites is 1. The molecule has 3 aliphatic rings. The molecule has 0 saturated carbocycles. The highest BCUT2D eigenvalue weighted by molar-refractivity contribution is 6.12. The van der Waals surface area contributed by atoms with Crippen LogP contribution in [-0.2, 0) is 9.53 Å². The van der Waals surface area contributed by atoms with E-state index in [-0.39, 0.29) is 48.3 Å². The molecule has 1 fully saturated rings. The second kappa shape index (κ2) is 10.7. The number of carbonyl (C=O) groups is 2. The fourth-order valence-electron chi connectivity index (χ4n) is 6.61. The molecule has 0 aromatic heterocycles. The summed E-state index contributed by atoms with van der Waals surface area (Å²) in [5.41, 5.74) is 10.4. The summed E-state index contributed by atoms with van der Waals surface area (Å²) in [6.07, 6.45) is 0. The lowest BCUT2D eigenvalue weighted by Crippen LogP contribution is -2.38. The van der Waals surface area contributed by atoms with Crippen LogP contribution in [0.4, 0.5) is 11.4 Å². The molecule has 1 aliphatic carbocycles. The van der Waals surface area contributed by atoms with Crippen molar-refractivity contribution in [1.29, 1.82) is 0 Å². The number of ketones is 1. The van der Waals surface area contributed by atoms with Gasteiger partial charge in [0.15, 0.2) is 28.8 Å². The lowest BCUT2D eigenvalue weighted by molar-refractivity contribution is -0.141. The molecule has 224 valence electrons. The lowest BCUT2D eigenvalue weighted by Gasteiger charge is -2.40. The van der Waals surface area contributed by atoms with Crippen molar-refractivity contribution in [3.8, 4) is 28.7 Å². The van der Waals surface area contributed by atoms with E-state index in [1.54, 1.807) is 42.5 Å². The van der Waals surface area contributed by atoms with Crippen molar-refractivity contribution in [2.45, 2.75) is 12.0 Å². The maximum absolute atomic E-state index is 13.6. The molecule has 44 heavy (non-hydrogen) atoms. The summed E-state index contributed by atoms with van der Waals surface area (Å²) < 4.78 is 28.2. The maximum Gasteiger partial charge on any atom is 0.310 e. The maximum atomic E-state index is 13.6. The van der Waals surface area contributed by atoms with Crippen LogP contribution < -0.4 is 30.0 Å². The SMILES string of the molecule is COc1cc([C@@H]2c3cc4c(cc3[C@@H](Nc3ccccc3C(=O)c3ccc(N)cc3)[C@H]3COC(=O)[C@H]23)OCO4)cc(OC)c1O. The number of aromatic hydroxyl groups is 1. The van der Waals surface area contributed by atoms with E-state index in [9.17, 15) is 14.7 Å². The predicted octanol–water partition coefficient (Wildman–Crippen LogP) is 5.04. The molecule has 4 N–H and O–H groups in total. The van der Waals surface area contributed by atoms with Gasteiger partial charge in [-0.25, -0.2) is 0 Å². The number of nitrogens with one attached hydrogen (secondary N) is 1. The Labute approximate surface area is 253 Å². The number of esters is 1. The molecule has 10 nitrogen and oxygen atoms in total. The van der Waals surface area contributed by atoms with E-state index in [1.807, 2.05) is 30.3 Å². The Morgan fingerprint density at radius 2 is 1.57 bits per heavy atom. The van der Waals surface area contributed by atoms with E-state index in [0.29, 0.717) is 39.6 Å². The first kappa shape index (κ1) is 27.5. The molecule has 0 bridgehead atoms. The van der Waals surface area contributed by atoms with Crippen LogP contribution in [0.2, 0.25) is 0 Å². The normalized spacial score (nSPS) is 21.2. The summed E-state index contributed by atoms with van der Waals surface area (Å²) in [6, 6.07) is 20.9. The minimum absolute atomic E-state index is 0.0790. The number of phenolic OH excluding ortho intramolecular Hbond substituents is 1. The molecule has 0 unspecified atom stereocenters. The molecule has 2 aliphatic heterocycles. The minimum atomic E-state index is -0.598. The summed E-state index contributed by atoms with van der Waals surface area (Å²) in [5, 5.41) is 14.2. The molecular formula is C34H30N2O8. The number of cyclic esters (lactones) is 1. The first-order valence-corrected chi connectivity index (χ1v) is 14.2. The quantitative estimate of drug-likeness (QED) is 0.152. The Bertz CT molecular complexity index is 1760. The van der Waals surface area contributed by atoms with E-state index >= 15 is 0 Å². The highest BCUT2D eigenvalue weighted by atomic mass is 16.7. The zero-order chi connectivity index (χ0) is 30.5. The van der Waals surface area contributed by atoms with Crippen LogP contribution in [0.1, 0.15) is 44.6 Å². The number of nitrogen functional groups attached to an aromatic ring is 1. The van der Waals surface area contributed by atoms with Crippen LogP contribution in [0.5, 0.6) is 28.7 Å². The average molecular weight is 595 g/mol. The van der Waals surface area contributed by atoms with Crippen molar-refractivity contribution < 1.29 is 38.4 Å². The standard InChI is InChI=1S/C34H30N2O8/c1-40-27-11-18(12-28(41-2)33(27)38)29-21-13-25-26(44-16-43-25)14-22(21)31(23-15-42-34(39)30(23)29)36-24-6-4-3-5-20(24)32(37)17-7-9-19(35)10-8-17/h3-14,23,29-31,36,38H,15-16,35H2,1-2H3/t23-,29+,30-,31+/m0/s1. The van der Waals surface area contributed by atoms with Crippen molar-refractivity contribution >= 4 is 23.1 Å². The van der Waals surface area contributed by atoms with Crippen LogP contribution >= 0.6 is 0 Å². The second-order valence-electron chi connectivity index (χ2n) is 11.0. The smallest absolute Gasteiger partial charge is 0.310 e. The number of carbonyl (C=O) groups excluding carboxylic acids is 2. The fraction of sp³-hybridized carbons (Fsp3) is 0.235. The van der Waals surface area contributed by atoms with E-state index in [4.69, 9.17) is 29.4 Å². The molecule has 4 aromatic rings. The van der Waals surface area contributed by atoms with Gasteiger partial charge in [0.25, 0.3) is 0 Å². The molecule has 0 radical (unpaired) electrons. The van der Waals surface area contributed by atoms with Gasteiger partial charge in [-0.05, 0) is 77.4 Å². The van der Waals surface area contributed by atoms with Crippen molar-refractivity contribution in [3.05, 3.63) is 101 Å². The van der Waals surface area contributed by atoms with Gasteiger partial charge in [0.2, 0.25) is 12.5 Å². The summed E-state index contributed by atoms with van der Waals surface area (Å²) >= 11 is 0. The Morgan fingerprint density at radius 3 is 2.25 bits per heavy atom. The number of rotatable bonds is 7. The number of fused-ring (bicyclic) bond motifs is 3. The molecule has 0 spiro atoms. The molecule has 7 rings (SSSR count). The van der Waals surface area contributed by atoms with Crippen LogP contribution in [0.3, 0.4) is 0 Å². The van der Waals surface area contributed by atoms with Crippen LogP contribution in [0, 0.1) is 11.8 Å². The zero-order valence-electron chi connectivity index (χ0n) is 24.0. The monoisotopic (exact) mass is 594 g/mol. The highest BCUT2D eigenvalue weighted by Gasteiger charge is 2.53. The van der Waals surface area contributed by atoms with Gasteiger partial charge in [-0.3, -0.25) is 9.59 Å². The van der Waals surface area contributed by atoms with Gasteiger partial charge >= 0.3 is 5.97 Å². The number of phenols is 1. The number of hydrogen-bond acceptors (Lipinski definition) is 10. The largest absolute Gasteiger partial charge is 0.502 e. The third-order valence-electron chi connectivity index (χ3n) is 8.70. The molecule has 10 heteroatoms. The minimum Gasteiger partial charge on any atom is -0.502 e. The molecule has 1 saturated heterocycles. The molecule has 4 atom stereocenters. The first-order chi connectivity index (χ1) is 21.4. The van der Waals surface area contributed by atoms with Crippen molar-refractivity contribution in [2.75, 3.05) is 38.7 Å². The van der Waals surface area contributed by atoms with Gasteiger partial charge in [0, 0.05) is 34.3 Å². The summed E-state index contributed by atoms with van der Waals surface area (Å²) in [4.78, 5) is 27.2. The lowest BCUT2D eigenvalue weighted by atomic mass is 9.65. The van der Waals surface area contributed by atoms with E-state index in [2.05, 4.69) is 5.32 Å². The molecule has 4 aromatic carbocycles. The van der Waals surface area contributed by atoms with Gasteiger partial charge < -0.3 is 39.8 Å². The Kier molecular flexibility index (Phi) is 6.68. The van der Waals surface area contributed by atoms with Crippen molar-refractivity contribution in [2.24, 2.45) is 11.8 Å². The number of ether oxygens (including phenoxy) is 5. The summed E-state index contributed by atoms with van der Waals surface area (Å²) in [7, 11) is 2.92. The average Bonchev–Trinajstić information content (AvgIpc) is 3.67. The molecule has 0 amide bonds. The summed E-state index contributed by atoms with van der Waals surface area (Å²) in [6.45, 7) is 0.252. The third kappa shape index (κ3) is 4.41. The highest BCUT2D eigenvalue weighted by Crippen LogP contribution is 2.56. The number of anilines is 2. The van der Waals surface area contributed by atoms with Gasteiger partial charge in [0.05, 0.1) is 32.8 Å². The van der Waals surface area contributed by atoms with E-state index < -0.39 is 17.9 Å². The van der Waals surface area contributed by atoms with Crippen LogP contribution in [-0.4, -0.2) is 44.5 Å². The molecular weight excluding hydrogens is 564 g/mol. The Hall–Kier alpha value is -5.38.